The van der Waals surface area contributed by atoms with Gasteiger partial charge in [-0.25, -0.2) is 4.79 Å². The third-order valence-electron chi connectivity index (χ3n) is 6.57. The van der Waals surface area contributed by atoms with Crippen LogP contribution in [0.15, 0.2) is 53.7 Å². The highest BCUT2D eigenvalue weighted by molar-refractivity contribution is 6.42. The number of halogens is 2. The van der Waals surface area contributed by atoms with Gasteiger partial charge in [-0.2, -0.15) is 0 Å². The van der Waals surface area contributed by atoms with Crippen molar-refractivity contribution in [3.05, 3.63) is 80.5 Å². The second kappa shape index (κ2) is 10.8. The maximum atomic E-state index is 13.3. The molecule has 1 unspecified atom stereocenters. The predicted octanol–water partition coefficient (Wildman–Crippen LogP) is 5.58. The van der Waals surface area contributed by atoms with E-state index in [-0.39, 0.29) is 31.4 Å². The molecule has 0 aromatic heterocycles. The van der Waals surface area contributed by atoms with Gasteiger partial charge in [-0.1, -0.05) is 41.4 Å². The Morgan fingerprint density at radius 2 is 1.80 bits per heavy atom. The first-order valence-electron chi connectivity index (χ1n) is 11.8. The van der Waals surface area contributed by atoms with Crippen molar-refractivity contribution >= 4 is 41.0 Å². The lowest BCUT2D eigenvalue weighted by Crippen LogP contribution is -2.38. The average molecular weight is 515 g/mol. The van der Waals surface area contributed by atoms with E-state index in [1.165, 1.54) is 0 Å². The van der Waals surface area contributed by atoms with Crippen LogP contribution < -0.4 is 0 Å². The molecule has 2 heterocycles. The largest absolute Gasteiger partial charge is 0.463 e. The van der Waals surface area contributed by atoms with E-state index in [4.69, 9.17) is 27.9 Å². The molecule has 2 aliphatic rings. The number of hydrogen-bond donors (Lipinski definition) is 0. The van der Waals surface area contributed by atoms with Gasteiger partial charge in [0.25, 0.3) is 5.91 Å². The fraction of sp³-hybridized carbons (Fsp3) is 0.370. The maximum absolute atomic E-state index is 13.3. The minimum Gasteiger partial charge on any atom is -0.463 e. The molecule has 184 valence electrons. The van der Waals surface area contributed by atoms with Gasteiger partial charge in [0.2, 0.25) is 5.91 Å². The summed E-state index contributed by atoms with van der Waals surface area (Å²) >= 11 is 12.3. The van der Waals surface area contributed by atoms with Crippen molar-refractivity contribution in [1.29, 1.82) is 0 Å². The number of allylic oxidation sites excluding steroid dienone is 1. The number of rotatable bonds is 6. The molecule has 1 saturated heterocycles. The zero-order chi connectivity index (χ0) is 25.1. The van der Waals surface area contributed by atoms with Crippen LogP contribution in [-0.4, -0.2) is 47.3 Å². The van der Waals surface area contributed by atoms with Gasteiger partial charge >= 0.3 is 5.97 Å². The van der Waals surface area contributed by atoms with Crippen LogP contribution in [0.2, 0.25) is 10.0 Å². The third-order valence-corrected chi connectivity index (χ3v) is 7.31. The summed E-state index contributed by atoms with van der Waals surface area (Å²) in [6.45, 7) is 5.52. The van der Waals surface area contributed by atoms with Crippen molar-refractivity contribution < 1.29 is 19.1 Å². The van der Waals surface area contributed by atoms with Crippen LogP contribution in [0.25, 0.3) is 0 Å². The minimum absolute atomic E-state index is 0.00785. The first-order chi connectivity index (χ1) is 16.8. The molecule has 0 aliphatic carbocycles. The smallest absolute Gasteiger partial charge is 0.336 e. The lowest BCUT2D eigenvalue weighted by atomic mass is 9.83. The molecule has 2 aromatic carbocycles. The molecule has 0 saturated carbocycles. The number of hydrogen-bond acceptors (Lipinski definition) is 4. The number of ether oxygens (including phenoxy) is 1. The molecular weight excluding hydrogens is 487 g/mol. The summed E-state index contributed by atoms with van der Waals surface area (Å²) in [6.07, 6.45) is 2.14. The zero-order valence-corrected chi connectivity index (χ0v) is 21.4. The molecular formula is C27H28Cl2N2O4. The summed E-state index contributed by atoms with van der Waals surface area (Å²) < 4.78 is 5.35. The molecule has 6 nitrogen and oxygen atoms in total. The summed E-state index contributed by atoms with van der Waals surface area (Å²) in [4.78, 5) is 42.6. The number of benzene rings is 2. The standard InChI is InChI=1S/C27H28Cl2N2O4/c1-3-35-27(34)25-17(2)31(24(32)15-21(25)19-9-10-22(28)23(29)14-19)16-18-7-6-8-20(13-18)26(33)30-11-4-5-12-30/h6-10,13-14,21H,3-5,11-12,15-16H2,1-2H3. The Morgan fingerprint density at radius 3 is 2.49 bits per heavy atom. The minimum atomic E-state index is -0.490. The fourth-order valence-corrected chi connectivity index (χ4v) is 5.09. The fourth-order valence-electron chi connectivity index (χ4n) is 4.78. The van der Waals surface area contributed by atoms with Crippen LogP contribution in [0.1, 0.15) is 60.5 Å². The van der Waals surface area contributed by atoms with E-state index in [1.807, 2.05) is 23.1 Å². The van der Waals surface area contributed by atoms with E-state index in [0.717, 1.165) is 37.1 Å². The molecule has 0 spiro atoms. The van der Waals surface area contributed by atoms with Gasteiger partial charge in [0, 0.05) is 36.7 Å². The zero-order valence-electron chi connectivity index (χ0n) is 19.9. The molecule has 0 N–H and O–H groups in total. The topological polar surface area (TPSA) is 66.9 Å². The Hall–Kier alpha value is -2.83. The predicted molar refractivity (Wildman–Crippen MR) is 135 cm³/mol. The maximum Gasteiger partial charge on any atom is 0.336 e. The summed E-state index contributed by atoms with van der Waals surface area (Å²) in [5, 5.41) is 0.764. The highest BCUT2D eigenvalue weighted by Crippen LogP contribution is 2.39. The van der Waals surface area contributed by atoms with Gasteiger partial charge in [0.15, 0.2) is 0 Å². The third kappa shape index (κ3) is 5.39. The van der Waals surface area contributed by atoms with Crippen LogP contribution in [0, 0.1) is 0 Å². The molecule has 2 aromatic rings. The van der Waals surface area contributed by atoms with Crippen LogP contribution in [0.4, 0.5) is 0 Å². The summed E-state index contributed by atoms with van der Waals surface area (Å²) in [6, 6.07) is 12.5. The molecule has 2 aliphatic heterocycles. The lowest BCUT2D eigenvalue weighted by Gasteiger charge is -2.34. The molecule has 4 rings (SSSR count). The van der Waals surface area contributed by atoms with E-state index in [2.05, 4.69) is 0 Å². The molecule has 35 heavy (non-hydrogen) atoms. The number of nitrogens with zero attached hydrogens (tertiary/aromatic N) is 2. The van der Waals surface area contributed by atoms with Gasteiger partial charge in [-0.05, 0) is 62.1 Å². The van der Waals surface area contributed by atoms with Gasteiger partial charge in [0.05, 0.1) is 28.8 Å². The molecule has 1 atom stereocenters. The van der Waals surface area contributed by atoms with Gasteiger partial charge in [-0.3, -0.25) is 9.59 Å². The normalized spacial score (nSPS) is 18.3. The second-order valence-corrected chi connectivity index (χ2v) is 9.64. The van der Waals surface area contributed by atoms with E-state index >= 15 is 0 Å². The quantitative estimate of drug-likeness (QED) is 0.471. The van der Waals surface area contributed by atoms with Crippen LogP contribution in [0.3, 0.4) is 0 Å². The highest BCUT2D eigenvalue weighted by atomic mass is 35.5. The summed E-state index contributed by atoms with van der Waals surface area (Å²) in [7, 11) is 0. The first-order valence-corrected chi connectivity index (χ1v) is 12.6. The van der Waals surface area contributed by atoms with Crippen molar-refractivity contribution in [2.24, 2.45) is 0 Å². The molecule has 0 bridgehead atoms. The van der Waals surface area contributed by atoms with E-state index < -0.39 is 11.9 Å². The Balaban J connectivity index is 1.66. The Labute approximate surface area is 215 Å². The van der Waals surface area contributed by atoms with Gasteiger partial charge in [0.1, 0.15) is 0 Å². The van der Waals surface area contributed by atoms with E-state index in [0.29, 0.717) is 26.9 Å². The number of esters is 1. The summed E-state index contributed by atoms with van der Waals surface area (Å²) in [5.41, 5.74) is 3.11. The summed E-state index contributed by atoms with van der Waals surface area (Å²) in [5.74, 6) is -1.07. The molecule has 2 amide bonds. The van der Waals surface area contributed by atoms with Crippen molar-refractivity contribution in [1.82, 2.24) is 9.80 Å². The van der Waals surface area contributed by atoms with Crippen molar-refractivity contribution in [3.63, 3.8) is 0 Å². The monoisotopic (exact) mass is 514 g/mol. The van der Waals surface area contributed by atoms with Crippen LogP contribution in [0.5, 0.6) is 0 Å². The first kappa shape index (κ1) is 25.3. The van der Waals surface area contributed by atoms with Gasteiger partial charge < -0.3 is 14.5 Å². The van der Waals surface area contributed by atoms with Crippen molar-refractivity contribution in [3.8, 4) is 0 Å². The average Bonchev–Trinajstić information content (AvgIpc) is 3.38. The lowest BCUT2D eigenvalue weighted by molar-refractivity contribution is -0.140. The van der Waals surface area contributed by atoms with Crippen LogP contribution in [-0.2, 0) is 20.9 Å². The highest BCUT2D eigenvalue weighted by Gasteiger charge is 2.37. The van der Waals surface area contributed by atoms with Crippen molar-refractivity contribution in [2.45, 2.75) is 45.6 Å². The van der Waals surface area contributed by atoms with E-state index in [1.54, 1.807) is 43.0 Å². The number of likely N-dealkylation sites (tertiary alicyclic amines) is 1. The Bertz CT molecular complexity index is 1190. The van der Waals surface area contributed by atoms with Crippen LogP contribution >= 0.6 is 23.2 Å². The van der Waals surface area contributed by atoms with E-state index in [9.17, 15) is 14.4 Å². The molecule has 0 radical (unpaired) electrons. The SMILES string of the molecule is CCOC(=O)C1=C(C)N(Cc2cccc(C(=O)N3CCCC3)c2)C(=O)CC1c1ccc(Cl)c(Cl)c1. The Kier molecular flexibility index (Phi) is 7.82. The number of carbonyl (C=O) groups is 3. The number of carbonyl (C=O) groups excluding carboxylic acids is 3. The molecule has 1 fully saturated rings. The second-order valence-electron chi connectivity index (χ2n) is 8.83. The molecule has 8 heteroatoms. The number of amides is 2. The van der Waals surface area contributed by atoms with Crippen molar-refractivity contribution in [2.75, 3.05) is 19.7 Å². The Morgan fingerprint density at radius 1 is 1.06 bits per heavy atom. The van der Waals surface area contributed by atoms with Gasteiger partial charge in [-0.15, -0.1) is 0 Å².